The van der Waals surface area contributed by atoms with Gasteiger partial charge in [0.1, 0.15) is 6.10 Å². The molecule has 1 saturated heterocycles. The zero-order valence-electron chi connectivity index (χ0n) is 12.0. The van der Waals surface area contributed by atoms with Gasteiger partial charge in [0.15, 0.2) is 6.29 Å². The van der Waals surface area contributed by atoms with E-state index in [-0.39, 0.29) is 6.42 Å². The standard InChI is InChI=1S/C8H17NO12S3/c1-2-4-5(3-19-23(13,14)15)20-8(10)6(9-22(11)12)7(4)21-24(16,17)18/h4-10H,2-3H2,1H3,(H,11,12)(H,13,14,15)(H,16,17,18)/p-1/t4-,5?,6?,7-,8-/m1/s1. The van der Waals surface area contributed by atoms with Crippen LogP contribution in [0.1, 0.15) is 13.3 Å². The molecule has 0 aromatic rings. The first kappa shape index (κ1) is 21.8. The van der Waals surface area contributed by atoms with Crippen LogP contribution >= 0.6 is 0 Å². The predicted molar refractivity (Wildman–Crippen MR) is 74.4 cm³/mol. The molecular formula is C8H16NO12S3-. The van der Waals surface area contributed by atoms with Crippen molar-refractivity contribution >= 4 is 32.1 Å². The number of aliphatic hydroxyl groups excluding tert-OH is 1. The highest BCUT2D eigenvalue weighted by Gasteiger charge is 2.47. The minimum atomic E-state index is -5.04. The molecule has 1 fully saturated rings. The van der Waals surface area contributed by atoms with Crippen molar-refractivity contribution in [3.63, 3.8) is 0 Å². The summed E-state index contributed by atoms with van der Waals surface area (Å²) in [5, 5.41) is 9.82. The third-order valence-electron chi connectivity index (χ3n) is 3.19. The highest BCUT2D eigenvalue weighted by molar-refractivity contribution is 7.81. The summed E-state index contributed by atoms with van der Waals surface area (Å²) in [6.07, 6.45) is -4.83. The van der Waals surface area contributed by atoms with Crippen LogP contribution in [0.2, 0.25) is 0 Å². The van der Waals surface area contributed by atoms with Crippen LogP contribution in [0.15, 0.2) is 0 Å². The summed E-state index contributed by atoms with van der Waals surface area (Å²) in [6.45, 7) is 0.685. The normalized spacial score (nSPS) is 33.3. The zero-order valence-corrected chi connectivity index (χ0v) is 14.5. The van der Waals surface area contributed by atoms with Crippen molar-refractivity contribution in [3.8, 4) is 0 Å². The van der Waals surface area contributed by atoms with Gasteiger partial charge < -0.3 is 14.4 Å². The molecule has 0 saturated carbocycles. The second-order valence-corrected chi connectivity index (χ2v) is 7.56. The fourth-order valence-electron chi connectivity index (χ4n) is 2.32. The van der Waals surface area contributed by atoms with E-state index >= 15 is 0 Å². The molecule has 4 N–H and O–H groups in total. The average molecular weight is 414 g/mol. The van der Waals surface area contributed by atoms with E-state index in [0.717, 1.165) is 0 Å². The van der Waals surface area contributed by atoms with Crippen LogP contribution in [0, 0.1) is 5.92 Å². The van der Waals surface area contributed by atoms with Gasteiger partial charge in [0.2, 0.25) is 0 Å². The molecule has 1 heterocycles. The molecule has 0 radical (unpaired) electrons. The van der Waals surface area contributed by atoms with Gasteiger partial charge in [-0.05, 0) is 6.42 Å². The Hall–Kier alpha value is -0.270. The van der Waals surface area contributed by atoms with Crippen molar-refractivity contribution in [2.75, 3.05) is 6.61 Å². The molecule has 16 heteroatoms. The quantitative estimate of drug-likeness (QED) is 0.240. The molecule has 144 valence electrons. The molecular weight excluding hydrogens is 398 g/mol. The number of hydrogen-bond donors (Lipinski definition) is 4. The monoisotopic (exact) mass is 414 g/mol. The number of aliphatic hydroxyl groups is 1. The van der Waals surface area contributed by atoms with Crippen molar-refractivity contribution in [2.45, 2.75) is 37.9 Å². The molecule has 1 aliphatic rings. The summed E-state index contributed by atoms with van der Waals surface area (Å²) in [7, 11) is -9.88. The summed E-state index contributed by atoms with van der Waals surface area (Å²) in [6, 6.07) is -1.61. The van der Waals surface area contributed by atoms with Gasteiger partial charge in [0, 0.05) is 17.2 Å². The molecule has 0 aliphatic carbocycles. The smallest absolute Gasteiger partial charge is 0.397 e. The van der Waals surface area contributed by atoms with E-state index in [4.69, 9.17) is 13.8 Å². The Morgan fingerprint density at radius 1 is 1.25 bits per heavy atom. The fourth-order valence-corrected chi connectivity index (χ4v) is 3.65. The summed E-state index contributed by atoms with van der Waals surface area (Å²) >= 11 is -2.94. The second-order valence-electron chi connectivity index (χ2n) is 4.72. The van der Waals surface area contributed by atoms with Gasteiger partial charge >= 0.3 is 20.8 Å². The van der Waals surface area contributed by atoms with Crippen LogP contribution in [-0.4, -0.2) is 71.0 Å². The summed E-state index contributed by atoms with van der Waals surface area (Å²) in [5.74, 6) is -1.03. The summed E-state index contributed by atoms with van der Waals surface area (Å²) in [5.41, 5.74) is 0. The summed E-state index contributed by atoms with van der Waals surface area (Å²) < 4.78 is 97.5. The maximum absolute atomic E-state index is 11.0. The number of hydrogen-bond acceptors (Lipinski definition) is 10. The lowest BCUT2D eigenvalue weighted by atomic mass is 9.86. The first-order chi connectivity index (χ1) is 10.8. The number of nitrogens with one attached hydrogen (secondary N) is 1. The molecule has 1 aliphatic heterocycles. The minimum Gasteiger partial charge on any atom is -0.760 e. The van der Waals surface area contributed by atoms with Crippen LogP contribution < -0.4 is 4.72 Å². The van der Waals surface area contributed by atoms with Crippen LogP contribution in [0.3, 0.4) is 0 Å². The van der Waals surface area contributed by atoms with E-state index in [0.29, 0.717) is 0 Å². The number of ether oxygens (including phenoxy) is 1. The Bertz CT molecular complexity index is 647. The highest BCUT2D eigenvalue weighted by atomic mass is 32.3. The second kappa shape index (κ2) is 8.41. The van der Waals surface area contributed by atoms with E-state index in [2.05, 4.69) is 8.37 Å². The van der Waals surface area contributed by atoms with Crippen molar-refractivity contribution in [2.24, 2.45) is 5.92 Å². The molecule has 24 heavy (non-hydrogen) atoms. The van der Waals surface area contributed by atoms with E-state index in [9.17, 15) is 30.7 Å². The molecule has 3 unspecified atom stereocenters. The van der Waals surface area contributed by atoms with Crippen molar-refractivity contribution < 1.29 is 52.9 Å². The van der Waals surface area contributed by atoms with E-state index in [1.807, 2.05) is 0 Å². The maximum Gasteiger partial charge on any atom is 0.397 e. The van der Waals surface area contributed by atoms with Gasteiger partial charge in [0.25, 0.3) is 0 Å². The molecule has 1 rings (SSSR count). The lowest BCUT2D eigenvalue weighted by Crippen LogP contribution is -2.62. The van der Waals surface area contributed by atoms with E-state index in [1.54, 1.807) is 4.72 Å². The van der Waals surface area contributed by atoms with Gasteiger partial charge in [-0.15, -0.1) is 0 Å². The largest absolute Gasteiger partial charge is 0.760 e. The summed E-state index contributed by atoms with van der Waals surface area (Å²) in [4.78, 5) is 0. The van der Waals surface area contributed by atoms with Gasteiger partial charge in [0.05, 0.1) is 18.8 Å². The van der Waals surface area contributed by atoms with Crippen molar-refractivity contribution in [1.29, 1.82) is 0 Å². The van der Waals surface area contributed by atoms with Gasteiger partial charge in [-0.3, -0.25) is 13.3 Å². The topological polar surface area (TPSA) is 209 Å². The Morgan fingerprint density at radius 3 is 2.25 bits per heavy atom. The van der Waals surface area contributed by atoms with E-state index in [1.165, 1.54) is 6.92 Å². The van der Waals surface area contributed by atoms with Crippen LogP contribution in [0.5, 0.6) is 0 Å². The Kier molecular flexibility index (Phi) is 7.63. The Labute approximate surface area is 140 Å². The third kappa shape index (κ3) is 6.92. The molecule has 0 amide bonds. The van der Waals surface area contributed by atoms with Crippen LogP contribution in [0.4, 0.5) is 0 Å². The van der Waals surface area contributed by atoms with Crippen molar-refractivity contribution in [3.05, 3.63) is 0 Å². The molecule has 0 aromatic carbocycles. The number of rotatable bonds is 8. The van der Waals surface area contributed by atoms with Gasteiger partial charge in [-0.1, -0.05) is 6.92 Å². The first-order valence-electron chi connectivity index (χ1n) is 6.30. The minimum absolute atomic E-state index is 0.0517. The van der Waals surface area contributed by atoms with Crippen LogP contribution in [-0.2, 0) is 45.2 Å². The predicted octanol–water partition coefficient (Wildman–Crippen LogP) is -2.51. The lowest BCUT2D eigenvalue weighted by molar-refractivity contribution is -0.229. The SMILES string of the molecule is CC[C@@H]1C(COS(=O)(=O)O)O[C@@H](O)C(NS(=O)[O-])[C@@H]1OS(=O)(=O)O. The lowest BCUT2D eigenvalue weighted by Gasteiger charge is -2.44. The third-order valence-corrected chi connectivity index (χ3v) is 4.56. The van der Waals surface area contributed by atoms with Gasteiger partial charge in [-0.25, -0.2) is 13.1 Å². The molecule has 0 aromatic heterocycles. The fraction of sp³-hybridized carbons (Fsp3) is 1.00. The Balaban J connectivity index is 3.10. The zero-order chi connectivity index (χ0) is 18.7. The molecule has 6 atom stereocenters. The maximum atomic E-state index is 11.0. The first-order valence-corrected chi connectivity index (χ1v) is 10.1. The molecule has 0 bridgehead atoms. The highest BCUT2D eigenvalue weighted by Crippen LogP contribution is 2.31. The van der Waals surface area contributed by atoms with Crippen LogP contribution in [0.25, 0.3) is 0 Å². The van der Waals surface area contributed by atoms with Crippen molar-refractivity contribution in [1.82, 2.24) is 4.72 Å². The molecule has 0 spiro atoms. The average Bonchev–Trinajstić information content (AvgIpc) is 2.37. The van der Waals surface area contributed by atoms with E-state index < -0.39 is 69.1 Å². The Morgan fingerprint density at radius 2 is 1.83 bits per heavy atom. The van der Waals surface area contributed by atoms with Gasteiger partial charge in [-0.2, -0.15) is 16.8 Å². The molecule has 13 nitrogen and oxygen atoms in total.